The zero-order valence-electron chi connectivity index (χ0n) is 9.09. The van der Waals surface area contributed by atoms with Gasteiger partial charge in [-0.1, -0.05) is 0 Å². The molecule has 0 spiro atoms. The smallest absolute Gasteiger partial charge is 0.220 e. The SMILES string of the molecule is N#Cc1ccnc(Oc2ccc(C#N)cc2F)c1. The molecule has 86 valence electrons. The Bertz CT molecular complexity index is 671. The lowest BCUT2D eigenvalue weighted by molar-refractivity contribution is 0.427. The van der Waals surface area contributed by atoms with E-state index in [1.807, 2.05) is 12.1 Å². The van der Waals surface area contributed by atoms with Crippen LogP contribution in [-0.4, -0.2) is 4.98 Å². The highest BCUT2D eigenvalue weighted by atomic mass is 19.1. The minimum atomic E-state index is -0.654. The van der Waals surface area contributed by atoms with Crippen LogP contribution in [0.3, 0.4) is 0 Å². The maximum atomic E-state index is 13.5. The van der Waals surface area contributed by atoms with Crippen LogP contribution in [0.2, 0.25) is 0 Å². The van der Waals surface area contributed by atoms with Gasteiger partial charge in [-0.05, 0) is 24.3 Å². The van der Waals surface area contributed by atoms with Crippen LogP contribution >= 0.6 is 0 Å². The Hall–Kier alpha value is -2.92. The van der Waals surface area contributed by atoms with Crippen LogP contribution in [-0.2, 0) is 0 Å². The molecule has 0 fully saturated rings. The molecule has 0 saturated carbocycles. The first-order chi connectivity index (χ1) is 8.72. The highest BCUT2D eigenvalue weighted by Gasteiger charge is 2.07. The summed E-state index contributed by atoms with van der Waals surface area (Å²) in [6.07, 6.45) is 1.40. The molecule has 1 aromatic heterocycles. The molecule has 2 aromatic rings. The summed E-state index contributed by atoms with van der Waals surface area (Å²) in [4.78, 5) is 3.86. The van der Waals surface area contributed by atoms with Crippen molar-refractivity contribution in [3.05, 3.63) is 53.5 Å². The molecule has 1 aromatic carbocycles. The van der Waals surface area contributed by atoms with Crippen LogP contribution in [0.15, 0.2) is 36.5 Å². The first-order valence-electron chi connectivity index (χ1n) is 4.96. The lowest BCUT2D eigenvalue weighted by Crippen LogP contribution is -1.92. The van der Waals surface area contributed by atoms with Crippen molar-refractivity contribution in [2.45, 2.75) is 0 Å². The number of ether oxygens (including phenoxy) is 1. The van der Waals surface area contributed by atoms with Gasteiger partial charge in [0.15, 0.2) is 11.6 Å². The third kappa shape index (κ3) is 2.42. The van der Waals surface area contributed by atoms with Gasteiger partial charge in [0.05, 0.1) is 23.3 Å². The van der Waals surface area contributed by atoms with E-state index in [2.05, 4.69) is 4.98 Å². The van der Waals surface area contributed by atoms with E-state index in [1.165, 1.54) is 30.5 Å². The van der Waals surface area contributed by atoms with Crippen LogP contribution in [0, 0.1) is 28.5 Å². The third-order valence-corrected chi connectivity index (χ3v) is 2.14. The molecule has 1 heterocycles. The molecule has 0 aliphatic rings. The summed E-state index contributed by atoms with van der Waals surface area (Å²) in [5, 5.41) is 17.3. The van der Waals surface area contributed by atoms with Crippen LogP contribution in [0.4, 0.5) is 4.39 Å². The molecule has 0 unspecified atom stereocenters. The zero-order chi connectivity index (χ0) is 13.0. The highest BCUT2D eigenvalue weighted by molar-refractivity contribution is 5.39. The summed E-state index contributed by atoms with van der Waals surface area (Å²) in [5.74, 6) is -0.576. The zero-order valence-corrected chi connectivity index (χ0v) is 9.09. The Kier molecular flexibility index (Phi) is 3.17. The average molecular weight is 239 g/mol. The second-order valence-electron chi connectivity index (χ2n) is 3.35. The Labute approximate surface area is 103 Å². The number of aromatic nitrogens is 1. The number of rotatable bonds is 2. The van der Waals surface area contributed by atoms with Crippen molar-refractivity contribution >= 4 is 0 Å². The quantitative estimate of drug-likeness (QED) is 0.807. The number of nitrogens with zero attached hydrogens (tertiary/aromatic N) is 3. The molecule has 0 saturated heterocycles. The van der Waals surface area contributed by atoms with Crippen molar-refractivity contribution in [3.63, 3.8) is 0 Å². The van der Waals surface area contributed by atoms with Crippen molar-refractivity contribution in [2.75, 3.05) is 0 Å². The molecule has 4 nitrogen and oxygen atoms in total. The number of pyridine rings is 1. The first-order valence-corrected chi connectivity index (χ1v) is 4.96. The fraction of sp³-hybridized carbons (Fsp3) is 0. The van der Waals surface area contributed by atoms with Gasteiger partial charge in [0, 0.05) is 12.3 Å². The fourth-order valence-corrected chi connectivity index (χ4v) is 1.30. The van der Waals surface area contributed by atoms with Gasteiger partial charge >= 0.3 is 0 Å². The summed E-state index contributed by atoms with van der Waals surface area (Å²) in [5.41, 5.74) is 0.577. The van der Waals surface area contributed by atoms with Crippen molar-refractivity contribution in [2.24, 2.45) is 0 Å². The first kappa shape index (κ1) is 11.6. The second-order valence-corrected chi connectivity index (χ2v) is 3.35. The average Bonchev–Trinajstić information content (AvgIpc) is 2.41. The second kappa shape index (κ2) is 4.94. The largest absolute Gasteiger partial charge is 0.436 e. The van der Waals surface area contributed by atoms with Crippen LogP contribution in [0.25, 0.3) is 0 Å². The van der Waals surface area contributed by atoms with Crippen molar-refractivity contribution in [1.29, 1.82) is 10.5 Å². The van der Waals surface area contributed by atoms with E-state index >= 15 is 0 Å². The fourth-order valence-electron chi connectivity index (χ4n) is 1.30. The van der Waals surface area contributed by atoms with Gasteiger partial charge in [0.1, 0.15) is 0 Å². The van der Waals surface area contributed by atoms with Crippen LogP contribution in [0.1, 0.15) is 11.1 Å². The highest BCUT2D eigenvalue weighted by Crippen LogP contribution is 2.23. The van der Waals surface area contributed by atoms with Gasteiger partial charge < -0.3 is 4.74 Å². The Morgan fingerprint density at radius 3 is 2.44 bits per heavy atom. The Balaban J connectivity index is 2.29. The molecule has 0 radical (unpaired) electrons. The van der Waals surface area contributed by atoms with Gasteiger partial charge in [-0.25, -0.2) is 9.37 Å². The van der Waals surface area contributed by atoms with Gasteiger partial charge in [0.25, 0.3) is 0 Å². The molecule has 18 heavy (non-hydrogen) atoms. The predicted octanol–water partition coefficient (Wildman–Crippen LogP) is 2.76. The molecule has 0 N–H and O–H groups in total. The minimum absolute atomic E-state index is 0.0448. The summed E-state index contributed by atoms with van der Waals surface area (Å²) < 4.78 is 18.7. The lowest BCUT2D eigenvalue weighted by Gasteiger charge is -2.05. The number of hydrogen-bond donors (Lipinski definition) is 0. The van der Waals surface area contributed by atoms with E-state index in [9.17, 15) is 4.39 Å². The summed E-state index contributed by atoms with van der Waals surface area (Å²) >= 11 is 0. The van der Waals surface area contributed by atoms with E-state index in [-0.39, 0.29) is 17.2 Å². The third-order valence-electron chi connectivity index (χ3n) is 2.14. The number of nitriles is 2. The predicted molar refractivity (Wildman–Crippen MR) is 60.1 cm³/mol. The van der Waals surface area contributed by atoms with Crippen molar-refractivity contribution < 1.29 is 9.13 Å². The van der Waals surface area contributed by atoms with Gasteiger partial charge in [-0.15, -0.1) is 0 Å². The molecule has 0 bridgehead atoms. The van der Waals surface area contributed by atoms with Crippen molar-refractivity contribution in [1.82, 2.24) is 4.98 Å². The Morgan fingerprint density at radius 1 is 1.06 bits per heavy atom. The van der Waals surface area contributed by atoms with E-state index in [0.717, 1.165) is 6.07 Å². The standard InChI is InChI=1S/C13H6FN3O/c14-11-5-9(7-15)1-2-12(11)18-13-6-10(8-16)3-4-17-13/h1-6H. The number of benzene rings is 1. The molecule has 0 aliphatic carbocycles. The normalized spacial score (nSPS) is 9.28. The lowest BCUT2D eigenvalue weighted by atomic mass is 10.2. The molecule has 0 atom stereocenters. The Morgan fingerprint density at radius 2 is 1.78 bits per heavy atom. The van der Waals surface area contributed by atoms with Gasteiger partial charge in [0.2, 0.25) is 5.88 Å². The maximum Gasteiger partial charge on any atom is 0.220 e. The molecular formula is C13H6FN3O. The van der Waals surface area contributed by atoms with E-state index in [4.69, 9.17) is 15.3 Å². The maximum absolute atomic E-state index is 13.5. The summed E-state index contributed by atoms with van der Waals surface area (Å²) in [6.45, 7) is 0. The molecule has 5 heteroatoms. The van der Waals surface area contributed by atoms with E-state index < -0.39 is 5.82 Å². The van der Waals surface area contributed by atoms with Crippen LogP contribution in [0.5, 0.6) is 11.6 Å². The molecule has 0 aliphatic heterocycles. The van der Waals surface area contributed by atoms with E-state index in [1.54, 1.807) is 0 Å². The number of halogens is 1. The van der Waals surface area contributed by atoms with Gasteiger partial charge in [-0.2, -0.15) is 10.5 Å². The topological polar surface area (TPSA) is 69.7 Å². The molecule has 0 amide bonds. The van der Waals surface area contributed by atoms with Gasteiger partial charge in [-0.3, -0.25) is 0 Å². The molecular weight excluding hydrogens is 233 g/mol. The summed E-state index contributed by atoms with van der Waals surface area (Å²) in [6, 6.07) is 10.5. The van der Waals surface area contributed by atoms with E-state index in [0.29, 0.717) is 5.56 Å². The monoisotopic (exact) mass is 239 g/mol. The van der Waals surface area contributed by atoms with Crippen molar-refractivity contribution in [3.8, 4) is 23.8 Å². The number of hydrogen-bond acceptors (Lipinski definition) is 4. The minimum Gasteiger partial charge on any atom is -0.436 e. The summed E-state index contributed by atoms with van der Waals surface area (Å²) in [7, 11) is 0. The van der Waals surface area contributed by atoms with Crippen LogP contribution < -0.4 is 4.74 Å². The molecule has 2 rings (SSSR count).